The molecule has 96 valence electrons. The lowest BCUT2D eigenvalue weighted by molar-refractivity contribution is 0.482. The van der Waals surface area contributed by atoms with Crippen LogP contribution in [0, 0.1) is 0 Å². The smallest absolute Gasteiger partial charge is 0.226 e. The summed E-state index contributed by atoms with van der Waals surface area (Å²) in [4.78, 5) is 11.3. The van der Waals surface area contributed by atoms with E-state index >= 15 is 0 Å². The lowest BCUT2D eigenvalue weighted by atomic mass is 10.0. The summed E-state index contributed by atoms with van der Waals surface area (Å²) in [5, 5.41) is 11.0. The molecule has 3 rings (SSSR count). The van der Waals surface area contributed by atoms with E-state index in [0.717, 1.165) is 23.4 Å². The fourth-order valence-electron chi connectivity index (χ4n) is 2.56. The van der Waals surface area contributed by atoms with Gasteiger partial charge in [0.15, 0.2) is 5.65 Å². The van der Waals surface area contributed by atoms with Crippen molar-refractivity contribution in [2.24, 2.45) is 0 Å². The van der Waals surface area contributed by atoms with Gasteiger partial charge in [-0.2, -0.15) is 15.1 Å². The van der Waals surface area contributed by atoms with E-state index in [0.29, 0.717) is 12.0 Å². The van der Waals surface area contributed by atoms with Gasteiger partial charge >= 0.3 is 0 Å². The van der Waals surface area contributed by atoms with E-state index in [-0.39, 0.29) is 0 Å². The minimum atomic E-state index is 0.524. The van der Waals surface area contributed by atoms with Crippen LogP contribution in [0.4, 0.5) is 11.8 Å². The quantitative estimate of drug-likeness (QED) is 0.845. The van der Waals surface area contributed by atoms with Crippen LogP contribution in [-0.4, -0.2) is 39.8 Å². The molecule has 2 aromatic rings. The number of hydrogen-bond acceptors (Lipinski definition) is 5. The molecule has 0 saturated carbocycles. The second-order valence-electron chi connectivity index (χ2n) is 4.79. The normalized spacial score (nSPS) is 20.3. The Hall–Kier alpha value is -1.85. The zero-order valence-electron chi connectivity index (χ0n) is 10.8. The van der Waals surface area contributed by atoms with Crippen LogP contribution >= 0.6 is 0 Å². The first-order valence-corrected chi connectivity index (χ1v) is 6.45. The standard InChI is InChI=1S/C12H18N6/c1-8-5-3-4-6-18(8)11-9-7-14-17-10(9)15-12(13-2)16-11/h7-8H,3-6H2,1-2H3,(H2,13,14,15,16,17). The SMILES string of the molecule is CNc1nc(N2CCCCC2C)c2cn[nH]c2n1. The van der Waals surface area contributed by atoms with E-state index in [1.54, 1.807) is 0 Å². The highest BCUT2D eigenvalue weighted by Gasteiger charge is 2.23. The first-order valence-electron chi connectivity index (χ1n) is 6.45. The Morgan fingerprint density at radius 3 is 3.06 bits per heavy atom. The molecule has 18 heavy (non-hydrogen) atoms. The third kappa shape index (κ3) is 1.77. The van der Waals surface area contributed by atoms with E-state index in [2.05, 4.69) is 37.3 Å². The van der Waals surface area contributed by atoms with Crippen LogP contribution < -0.4 is 10.2 Å². The first kappa shape index (κ1) is 11.3. The second-order valence-corrected chi connectivity index (χ2v) is 4.79. The van der Waals surface area contributed by atoms with Crippen molar-refractivity contribution >= 4 is 22.8 Å². The Balaban J connectivity index is 2.10. The van der Waals surface area contributed by atoms with Crippen molar-refractivity contribution in [3.63, 3.8) is 0 Å². The molecule has 3 heterocycles. The first-order chi connectivity index (χ1) is 8.79. The topological polar surface area (TPSA) is 69.7 Å². The maximum atomic E-state index is 4.61. The number of fused-ring (bicyclic) bond motifs is 1. The summed E-state index contributed by atoms with van der Waals surface area (Å²) in [5.41, 5.74) is 0.794. The molecule has 0 aliphatic carbocycles. The summed E-state index contributed by atoms with van der Waals surface area (Å²) in [6.07, 6.45) is 5.56. The van der Waals surface area contributed by atoms with Crippen LogP contribution in [0.2, 0.25) is 0 Å². The lowest BCUT2D eigenvalue weighted by Crippen LogP contribution is -2.38. The van der Waals surface area contributed by atoms with E-state index in [1.807, 2.05) is 13.2 Å². The van der Waals surface area contributed by atoms with Crippen LogP contribution in [-0.2, 0) is 0 Å². The van der Waals surface area contributed by atoms with E-state index in [1.165, 1.54) is 19.3 Å². The van der Waals surface area contributed by atoms with Crippen molar-refractivity contribution in [3.8, 4) is 0 Å². The van der Waals surface area contributed by atoms with Gasteiger partial charge in [0.05, 0.1) is 11.6 Å². The number of piperidine rings is 1. The molecule has 1 atom stereocenters. The zero-order chi connectivity index (χ0) is 12.5. The molecule has 0 amide bonds. The molecule has 6 nitrogen and oxygen atoms in total. The minimum Gasteiger partial charge on any atom is -0.357 e. The van der Waals surface area contributed by atoms with Crippen molar-refractivity contribution in [2.45, 2.75) is 32.2 Å². The number of aromatic nitrogens is 4. The Bertz CT molecular complexity index is 548. The summed E-state index contributed by atoms with van der Waals surface area (Å²) >= 11 is 0. The lowest BCUT2D eigenvalue weighted by Gasteiger charge is -2.34. The van der Waals surface area contributed by atoms with E-state index < -0.39 is 0 Å². The van der Waals surface area contributed by atoms with Gasteiger partial charge in [-0.05, 0) is 26.2 Å². The third-order valence-corrected chi connectivity index (χ3v) is 3.59. The van der Waals surface area contributed by atoms with Crippen molar-refractivity contribution in [3.05, 3.63) is 6.20 Å². The molecule has 0 aromatic carbocycles. The van der Waals surface area contributed by atoms with Crippen molar-refractivity contribution in [1.29, 1.82) is 0 Å². The Labute approximate surface area is 106 Å². The average molecular weight is 246 g/mol. The van der Waals surface area contributed by atoms with Crippen LogP contribution in [0.25, 0.3) is 11.0 Å². The van der Waals surface area contributed by atoms with Gasteiger partial charge in [0.25, 0.3) is 0 Å². The maximum Gasteiger partial charge on any atom is 0.226 e. The molecule has 1 aliphatic heterocycles. The van der Waals surface area contributed by atoms with Crippen LogP contribution in [0.15, 0.2) is 6.20 Å². The number of aromatic amines is 1. The molecule has 1 unspecified atom stereocenters. The number of rotatable bonds is 2. The van der Waals surface area contributed by atoms with Gasteiger partial charge in [-0.25, -0.2) is 0 Å². The van der Waals surface area contributed by atoms with E-state index in [9.17, 15) is 0 Å². The van der Waals surface area contributed by atoms with E-state index in [4.69, 9.17) is 0 Å². The van der Waals surface area contributed by atoms with Crippen molar-refractivity contribution in [1.82, 2.24) is 20.2 Å². The molecule has 1 fully saturated rings. The second kappa shape index (κ2) is 4.44. The number of nitrogens with zero attached hydrogens (tertiary/aromatic N) is 4. The summed E-state index contributed by atoms with van der Waals surface area (Å²) in [5.74, 6) is 1.63. The fraction of sp³-hybridized carbons (Fsp3) is 0.583. The molecule has 6 heteroatoms. The predicted octanol–water partition coefficient (Wildman–Crippen LogP) is 1.77. The molecule has 1 aliphatic rings. The largest absolute Gasteiger partial charge is 0.357 e. The van der Waals surface area contributed by atoms with Crippen molar-refractivity contribution < 1.29 is 0 Å². The summed E-state index contributed by atoms with van der Waals surface area (Å²) < 4.78 is 0. The summed E-state index contributed by atoms with van der Waals surface area (Å²) in [6, 6.07) is 0.524. The number of anilines is 2. The molecule has 2 N–H and O–H groups in total. The fourth-order valence-corrected chi connectivity index (χ4v) is 2.56. The van der Waals surface area contributed by atoms with Gasteiger partial charge in [0.2, 0.25) is 5.95 Å². The van der Waals surface area contributed by atoms with Crippen molar-refractivity contribution in [2.75, 3.05) is 23.8 Å². The molecule has 1 saturated heterocycles. The highest BCUT2D eigenvalue weighted by atomic mass is 15.3. The van der Waals surface area contributed by atoms with Gasteiger partial charge in [-0.15, -0.1) is 0 Å². The summed E-state index contributed by atoms with van der Waals surface area (Å²) in [6.45, 7) is 3.31. The number of H-pyrrole nitrogens is 1. The Morgan fingerprint density at radius 1 is 1.39 bits per heavy atom. The van der Waals surface area contributed by atoms with Gasteiger partial charge in [-0.1, -0.05) is 0 Å². The van der Waals surface area contributed by atoms with Gasteiger partial charge in [0, 0.05) is 19.6 Å². The van der Waals surface area contributed by atoms with Crippen LogP contribution in [0.5, 0.6) is 0 Å². The molecular weight excluding hydrogens is 228 g/mol. The summed E-state index contributed by atoms with van der Waals surface area (Å²) in [7, 11) is 1.83. The number of nitrogens with one attached hydrogen (secondary N) is 2. The molecule has 2 aromatic heterocycles. The third-order valence-electron chi connectivity index (χ3n) is 3.59. The Morgan fingerprint density at radius 2 is 2.28 bits per heavy atom. The minimum absolute atomic E-state index is 0.524. The Kier molecular flexibility index (Phi) is 2.77. The van der Waals surface area contributed by atoms with Crippen LogP contribution in [0.3, 0.4) is 0 Å². The molecule has 0 bridgehead atoms. The molecular formula is C12H18N6. The van der Waals surface area contributed by atoms with Crippen LogP contribution in [0.1, 0.15) is 26.2 Å². The molecule has 0 radical (unpaired) electrons. The van der Waals surface area contributed by atoms with Gasteiger partial charge in [0.1, 0.15) is 5.82 Å². The average Bonchev–Trinajstić information content (AvgIpc) is 2.86. The zero-order valence-corrected chi connectivity index (χ0v) is 10.8. The van der Waals surface area contributed by atoms with Gasteiger partial charge < -0.3 is 10.2 Å². The monoisotopic (exact) mass is 246 g/mol. The highest BCUT2D eigenvalue weighted by molar-refractivity contribution is 5.87. The molecule has 0 spiro atoms. The predicted molar refractivity (Wildman–Crippen MR) is 71.9 cm³/mol. The maximum absolute atomic E-state index is 4.61. The highest BCUT2D eigenvalue weighted by Crippen LogP contribution is 2.29. The number of hydrogen-bond donors (Lipinski definition) is 2. The van der Waals surface area contributed by atoms with Gasteiger partial charge in [-0.3, -0.25) is 5.10 Å².